The summed E-state index contributed by atoms with van der Waals surface area (Å²) in [4.78, 5) is 23.6. The molecule has 0 radical (unpaired) electrons. The first-order valence-electron chi connectivity index (χ1n) is 4.84. The maximum absolute atomic E-state index is 10.6. The van der Waals surface area contributed by atoms with Crippen LogP contribution in [-0.2, 0) is 9.59 Å². The van der Waals surface area contributed by atoms with E-state index in [-0.39, 0.29) is 5.78 Å². The number of unbranched alkanes of at least 4 members (excludes halogenated alkanes) is 2. The first-order chi connectivity index (χ1) is 7.07. The Morgan fingerprint density at radius 2 is 2.07 bits per heavy atom. The molecule has 1 unspecified atom stereocenters. The topological polar surface area (TPSA) is 103 Å². The molecule has 0 fully saturated rings. The zero-order valence-electron chi connectivity index (χ0n) is 8.72. The van der Waals surface area contributed by atoms with Crippen LogP contribution in [0.5, 0.6) is 0 Å². The fourth-order valence-electron chi connectivity index (χ4n) is 1.18. The number of hydrogen-bond acceptors (Lipinski definition) is 3. The van der Waals surface area contributed by atoms with Crippen LogP contribution >= 0.6 is 0 Å². The van der Waals surface area contributed by atoms with Gasteiger partial charge in [-0.1, -0.05) is 18.0 Å². The van der Waals surface area contributed by atoms with E-state index in [0.717, 1.165) is 12.8 Å². The Morgan fingerprint density at radius 1 is 1.40 bits per heavy atom. The first kappa shape index (κ1) is 13.4. The normalized spacial score (nSPS) is 11.5. The molecule has 6 heteroatoms. The van der Waals surface area contributed by atoms with E-state index in [1.807, 2.05) is 0 Å². The van der Waals surface area contributed by atoms with Gasteiger partial charge < -0.3 is 9.90 Å². The minimum Gasteiger partial charge on any atom is -0.481 e. The molecule has 0 aliphatic heterocycles. The van der Waals surface area contributed by atoms with Gasteiger partial charge in [-0.2, -0.15) is 0 Å². The van der Waals surface area contributed by atoms with E-state index in [4.69, 9.17) is 10.6 Å². The number of hydrogen-bond donors (Lipinski definition) is 1. The van der Waals surface area contributed by atoms with E-state index >= 15 is 0 Å². The Morgan fingerprint density at radius 3 is 2.53 bits per heavy atom. The number of azide groups is 1. The van der Waals surface area contributed by atoms with Crippen molar-refractivity contribution in [3.8, 4) is 0 Å². The number of Topliss-reactive ketones (excluding diaryl/α,β-unsaturated/α-hetero) is 1. The molecule has 0 bridgehead atoms. The van der Waals surface area contributed by atoms with Crippen molar-refractivity contribution in [1.82, 2.24) is 0 Å². The van der Waals surface area contributed by atoms with Crippen molar-refractivity contribution >= 4 is 11.8 Å². The Labute approximate surface area is 87.9 Å². The van der Waals surface area contributed by atoms with Crippen LogP contribution in [0.4, 0.5) is 0 Å². The van der Waals surface area contributed by atoms with E-state index in [2.05, 4.69) is 10.0 Å². The molecule has 0 rings (SSSR count). The second-order valence-electron chi connectivity index (χ2n) is 3.36. The Kier molecular flexibility index (Phi) is 7.01. The second kappa shape index (κ2) is 7.82. The van der Waals surface area contributed by atoms with Gasteiger partial charge >= 0.3 is 5.97 Å². The number of carboxylic acid groups (broad SMARTS) is 1. The summed E-state index contributed by atoms with van der Waals surface area (Å²) in [6.45, 7) is 1.53. The number of carbonyl (C=O) groups is 2. The molecule has 0 aromatic carbocycles. The average molecular weight is 213 g/mol. The van der Waals surface area contributed by atoms with Gasteiger partial charge in [0.2, 0.25) is 0 Å². The van der Waals surface area contributed by atoms with Crippen LogP contribution in [0.3, 0.4) is 0 Å². The van der Waals surface area contributed by atoms with Gasteiger partial charge in [0.1, 0.15) is 11.8 Å². The molecule has 0 aromatic heterocycles. The molecule has 6 nitrogen and oxygen atoms in total. The van der Waals surface area contributed by atoms with Crippen molar-refractivity contribution in [2.45, 2.75) is 45.1 Å². The molecule has 0 aliphatic carbocycles. The quantitative estimate of drug-likeness (QED) is 0.289. The highest BCUT2D eigenvalue weighted by molar-refractivity contribution is 5.75. The highest BCUT2D eigenvalue weighted by Gasteiger charge is 2.14. The molecular formula is C9H15N3O3. The van der Waals surface area contributed by atoms with E-state index in [1.165, 1.54) is 6.92 Å². The molecule has 0 saturated carbocycles. The fourth-order valence-corrected chi connectivity index (χ4v) is 1.18. The lowest BCUT2D eigenvalue weighted by Gasteiger charge is -2.04. The third kappa shape index (κ3) is 7.52. The van der Waals surface area contributed by atoms with Crippen molar-refractivity contribution in [3.63, 3.8) is 0 Å². The Balaban J connectivity index is 3.67. The van der Waals surface area contributed by atoms with E-state index in [0.29, 0.717) is 19.3 Å². The Hall–Kier alpha value is -1.55. The van der Waals surface area contributed by atoms with Gasteiger partial charge in [-0.25, -0.2) is 0 Å². The van der Waals surface area contributed by atoms with Crippen LogP contribution in [0.15, 0.2) is 5.11 Å². The standard InChI is InChI=1S/C9H15N3O3/c1-7(13)5-3-2-4-6-8(9(14)15)11-12-10/h8H,2-6H2,1H3,(H,14,15). The maximum atomic E-state index is 10.6. The summed E-state index contributed by atoms with van der Waals surface area (Å²) in [6.07, 6.45) is 3.06. The zero-order valence-corrected chi connectivity index (χ0v) is 8.72. The zero-order chi connectivity index (χ0) is 11.7. The van der Waals surface area contributed by atoms with Gasteiger partial charge in [0.15, 0.2) is 0 Å². The predicted octanol–water partition coefficient (Wildman–Crippen LogP) is 2.29. The molecule has 15 heavy (non-hydrogen) atoms. The summed E-state index contributed by atoms with van der Waals surface area (Å²) in [7, 11) is 0. The van der Waals surface area contributed by atoms with Gasteiger partial charge in [0.25, 0.3) is 0 Å². The highest BCUT2D eigenvalue weighted by Crippen LogP contribution is 2.09. The molecule has 0 aromatic rings. The summed E-state index contributed by atoms with van der Waals surface area (Å²) in [6, 6.07) is -0.979. The number of nitrogens with zero attached hydrogens (tertiary/aromatic N) is 3. The summed E-state index contributed by atoms with van der Waals surface area (Å²) in [5, 5.41) is 11.8. The molecule has 84 valence electrons. The van der Waals surface area contributed by atoms with Crippen LogP contribution in [0.1, 0.15) is 39.0 Å². The minimum atomic E-state index is -1.10. The smallest absolute Gasteiger partial charge is 0.312 e. The van der Waals surface area contributed by atoms with E-state index in [1.54, 1.807) is 0 Å². The third-order valence-corrected chi connectivity index (χ3v) is 1.98. The van der Waals surface area contributed by atoms with Gasteiger partial charge in [-0.3, -0.25) is 4.79 Å². The van der Waals surface area contributed by atoms with Crippen LogP contribution in [0.25, 0.3) is 10.4 Å². The van der Waals surface area contributed by atoms with Crippen LogP contribution < -0.4 is 0 Å². The molecule has 0 spiro atoms. The predicted molar refractivity (Wildman–Crippen MR) is 54.3 cm³/mol. The van der Waals surface area contributed by atoms with Gasteiger partial charge in [0.05, 0.1) is 0 Å². The lowest BCUT2D eigenvalue weighted by atomic mass is 10.1. The molecule has 0 amide bonds. The van der Waals surface area contributed by atoms with Crippen molar-refractivity contribution in [2.75, 3.05) is 0 Å². The van der Waals surface area contributed by atoms with Gasteiger partial charge in [-0.05, 0) is 25.3 Å². The van der Waals surface area contributed by atoms with Crippen molar-refractivity contribution in [2.24, 2.45) is 5.11 Å². The molecule has 0 saturated heterocycles. The summed E-state index contributed by atoms with van der Waals surface area (Å²) >= 11 is 0. The van der Waals surface area contributed by atoms with Gasteiger partial charge in [-0.15, -0.1) is 0 Å². The van der Waals surface area contributed by atoms with E-state index in [9.17, 15) is 9.59 Å². The molecule has 0 heterocycles. The number of carbonyl (C=O) groups excluding carboxylic acids is 1. The van der Waals surface area contributed by atoms with Crippen molar-refractivity contribution in [3.05, 3.63) is 10.4 Å². The lowest BCUT2D eigenvalue weighted by Crippen LogP contribution is -2.16. The molecule has 1 N–H and O–H groups in total. The SMILES string of the molecule is CC(=O)CCCCCC(N=[N+]=[N-])C(=O)O. The number of carboxylic acids is 1. The minimum absolute atomic E-state index is 0.139. The maximum Gasteiger partial charge on any atom is 0.312 e. The lowest BCUT2D eigenvalue weighted by molar-refractivity contribution is -0.138. The molecule has 1 atom stereocenters. The fraction of sp³-hybridized carbons (Fsp3) is 0.778. The average Bonchev–Trinajstić information content (AvgIpc) is 2.15. The van der Waals surface area contributed by atoms with E-state index < -0.39 is 12.0 Å². The molecule has 0 aliphatic rings. The van der Waals surface area contributed by atoms with Crippen LogP contribution in [-0.4, -0.2) is 22.9 Å². The number of aliphatic carboxylic acids is 1. The molecular weight excluding hydrogens is 198 g/mol. The largest absolute Gasteiger partial charge is 0.481 e. The first-order valence-corrected chi connectivity index (χ1v) is 4.84. The Bertz CT molecular complexity index is 270. The monoisotopic (exact) mass is 213 g/mol. The second-order valence-corrected chi connectivity index (χ2v) is 3.36. The van der Waals surface area contributed by atoms with Crippen molar-refractivity contribution < 1.29 is 14.7 Å². The van der Waals surface area contributed by atoms with Crippen LogP contribution in [0, 0.1) is 0 Å². The van der Waals surface area contributed by atoms with Crippen molar-refractivity contribution in [1.29, 1.82) is 0 Å². The van der Waals surface area contributed by atoms with Gasteiger partial charge in [0, 0.05) is 11.3 Å². The third-order valence-electron chi connectivity index (χ3n) is 1.98. The number of rotatable bonds is 8. The summed E-state index contributed by atoms with van der Waals surface area (Å²) in [5.74, 6) is -0.959. The summed E-state index contributed by atoms with van der Waals surface area (Å²) < 4.78 is 0. The summed E-state index contributed by atoms with van der Waals surface area (Å²) in [5.41, 5.74) is 8.11. The van der Waals surface area contributed by atoms with Crippen LogP contribution in [0.2, 0.25) is 0 Å². The number of ketones is 1. The highest BCUT2D eigenvalue weighted by atomic mass is 16.4.